The van der Waals surface area contributed by atoms with E-state index in [-0.39, 0.29) is 5.41 Å². The van der Waals surface area contributed by atoms with Crippen LogP contribution in [0.5, 0.6) is 11.5 Å². The van der Waals surface area contributed by atoms with Crippen LogP contribution in [0.3, 0.4) is 0 Å². The molecule has 52 heavy (non-hydrogen) atoms. The molecule has 0 saturated carbocycles. The second kappa shape index (κ2) is 11.8. The Kier molecular flexibility index (Phi) is 6.84. The molecule has 0 N–H and O–H groups in total. The van der Waals surface area contributed by atoms with Gasteiger partial charge in [0, 0.05) is 27.9 Å². The van der Waals surface area contributed by atoms with Gasteiger partial charge in [-0.05, 0) is 93.4 Å². The minimum absolute atomic E-state index is 0.304. The molecule has 0 amide bonds. The Hall–Kier alpha value is -6.58. The molecule has 0 atom stereocenters. The van der Waals surface area contributed by atoms with E-state index in [1.807, 2.05) is 0 Å². The van der Waals surface area contributed by atoms with E-state index in [9.17, 15) is 0 Å². The van der Waals surface area contributed by atoms with Crippen LogP contribution < -0.4 is 14.5 Å². The molecule has 3 heteroatoms. The first-order valence-corrected chi connectivity index (χ1v) is 17.9. The monoisotopic (exact) mass is 668 g/mol. The normalized spacial score (nSPS) is 13.5. The van der Waals surface area contributed by atoms with Gasteiger partial charge in [-0.15, -0.1) is 0 Å². The average Bonchev–Trinajstić information content (AvgIpc) is 3.20. The summed E-state index contributed by atoms with van der Waals surface area (Å²) in [6.45, 7) is 4.71. The van der Waals surface area contributed by atoms with Gasteiger partial charge in [0.05, 0.1) is 17.1 Å². The van der Waals surface area contributed by atoms with E-state index in [1.54, 1.807) is 0 Å². The lowest BCUT2D eigenvalue weighted by Crippen LogP contribution is -2.33. The third kappa shape index (κ3) is 4.66. The smallest absolute Gasteiger partial charge is 0.152 e. The van der Waals surface area contributed by atoms with E-state index < -0.39 is 0 Å². The quantitative estimate of drug-likeness (QED) is 0.182. The summed E-state index contributed by atoms with van der Waals surface area (Å²) in [4.78, 5) is 4.81. The Morgan fingerprint density at radius 2 is 1.12 bits per heavy atom. The molecule has 0 radical (unpaired) electrons. The summed E-state index contributed by atoms with van der Waals surface area (Å²) in [5, 5.41) is 2.37. The number of ether oxygens (including phenoxy) is 1. The molecule has 248 valence electrons. The zero-order valence-corrected chi connectivity index (χ0v) is 29.1. The van der Waals surface area contributed by atoms with Gasteiger partial charge in [-0.2, -0.15) is 0 Å². The zero-order valence-electron chi connectivity index (χ0n) is 29.1. The third-order valence-corrected chi connectivity index (χ3v) is 10.8. The van der Waals surface area contributed by atoms with Gasteiger partial charge in [0.15, 0.2) is 11.5 Å². The van der Waals surface area contributed by atoms with E-state index in [0.717, 1.165) is 39.9 Å². The van der Waals surface area contributed by atoms with Crippen molar-refractivity contribution in [2.45, 2.75) is 19.3 Å². The van der Waals surface area contributed by atoms with Crippen molar-refractivity contribution in [3.8, 4) is 33.8 Å². The second-order valence-electron chi connectivity index (χ2n) is 14.2. The molecular weight excluding hydrogens is 633 g/mol. The molecule has 8 aromatic carbocycles. The Labute approximate surface area is 304 Å². The van der Waals surface area contributed by atoms with Gasteiger partial charge in [0.2, 0.25) is 0 Å². The maximum Gasteiger partial charge on any atom is 0.152 e. The SMILES string of the molecule is CC1(C)c2cccc3c2N(c2cccc(-c4cccc(N(c5ccccc5)c5ccc(-c6ccccc6)cc5)c4)c21)c1c(ccc2ccccc12)O3. The van der Waals surface area contributed by atoms with Crippen molar-refractivity contribution in [2.75, 3.05) is 9.80 Å². The lowest BCUT2D eigenvalue weighted by molar-refractivity contribution is 0.472. The van der Waals surface area contributed by atoms with E-state index in [2.05, 4.69) is 206 Å². The van der Waals surface area contributed by atoms with Crippen molar-refractivity contribution < 1.29 is 4.74 Å². The zero-order chi connectivity index (χ0) is 34.8. The lowest BCUT2D eigenvalue weighted by atomic mass is 9.70. The van der Waals surface area contributed by atoms with Gasteiger partial charge in [0.25, 0.3) is 0 Å². The van der Waals surface area contributed by atoms with Gasteiger partial charge in [-0.1, -0.05) is 141 Å². The Morgan fingerprint density at radius 3 is 1.94 bits per heavy atom. The second-order valence-corrected chi connectivity index (χ2v) is 14.2. The fourth-order valence-electron chi connectivity index (χ4n) is 8.39. The molecule has 0 unspecified atom stereocenters. The summed E-state index contributed by atoms with van der Waals surface area (Å²) in [6.07, 6.45) is 0. The van der Waals surface area contributed by atoms with E-state index in [0.29, 0.717) is 0 Å². The van der Waals surface area contributed by atoms with Crippen molar-refractivity contribution >= 4 is 44.9 Å². The third-order valence-electron chi connectivity index (χ3n) is 10.8. The molecule has 8 aromatic rings. The van der Waals surface area contributed by atoms with Crippen LogP contribution in [0, 0.1) is 0 Å². The van der Waals surface area contributed by atoms with Crippen molar-refractivity contribution in [2.24, 2.45) is 0 Å². The number of hydrogen-bond acceptors (Lipinski definition) is 3. The van der Waals surface area contributed by atoms with Crippen molar-refractivity contribution in [3.05, 3.63) is 193 Å². The largest absolute Gasteiger partial charge is 0.453 e. The van der Waals surface area contributed by atoms with E-state index in [1.165, 1.54) is 49.8 Å². The average molecular weight is 669 g/mol. The molecule has 0 fully saturated rings. The highest BCUT2D eigenvalue weighted by atomic mass is 16.5. The number of nitrogens with zero attached hydrogens (tertiary/aromatic N) is 2. The first-order valence-electron chi connectivity index (χ1n) is 17.9. The summed E-state index contributed by atoms with van der Waals surface area (Å²) >= 11 is 0. The number of fused-ring (bicyclic) bond motifs is 6. The number of para-hydroxylation sites is 2. The summed E-state index contributed by atoms with van der Waals surface area (Å²) in [6, 6.07) is 65.3. The molecule has 10 rings (SSSR count). The number of hydrogen-bond donors (Lipinski definition) is 0. The molecule has 2 aliphatic heterocycles. The predicted octanol–water partition coefficient (Wildman–Crippen LogP) is 13.9. The first-order chi connectivity index (χ1) is 25.6. The fourth-order valence-corrected chi connectivity index (χ4v) is 8.39. The maximum absolute atomic E-state index is 6.67. The molecule has 3 nitrogen and oxygen atoms in total. The number of rotatable bonds is 5. The van der Waals surface area contributed by atoms with Gasteiger partial charge in [-0.25, -0.2) is 0 Å². The molecule has 0 spiro atoms. The first kappa shape index (κ1) is 30.3. The Balaban J connectivity index is 1.15. The van der Waals surface area contributed by atoms with Crippen LogP contribution >= 0.6 is 0 Å². The molecule has 2 heterocycles. The number of anilines is 6. The van der Waals surface area contributed by atoms with Crippen LogP contribution in [0.2, 0.25) is 0 Å². The van der Waals surface area contributed by atoms with Gasteiger partial charge in [-0.3, -0.25) is 0 Å². The number of benzene rings is 8. The highest BCUT2D eigenvalue weighted by Crippen LogP contribution is 2.62. The van der Waals surface area contributed by atoms with Crippen LogP contribution in [0.4, 0.5) is 34.1 Å². The highest BCUT2D eigenvalue weighted by Gasteiger charge is 2.43. The highest BCUT2D eigenvalue weighted by molar-refractivity contribution is 6.06. The van der Waals surface area contributed by atoms with Gasteiger partial charge >= 0.3 is 0 Å². The lowest BCUT2D eigenvalue weighted by Gasteiger charge is -2.46. The molecule has 0 bridgehead atoms. The van der Waals surface area contributed by atoms with Crippen molar-refractivity contribution in [1.29, 1.82) is 0 Å². The van der Waals surface area contributed by atoms with Crippen LogP contribution in [0.1, 0.15) is 25.0 Å². The summed E-state index contributed by atoms with van der Waals surface area (Å²) < 4.78 is 6.67. The fraction of sp³-hybridized carbons (Fsp3) is 0.0612. The molecule has 2 aliphatic rings. The van der Waals surface area contributed by atoms with E-state index >= 15 is 0 Å². The van der Waals surface area contributed by atoms with Gasteiger partial charge in [0.1, 0.15) is 0 Å². The van der Waals surface area contributed by atoms with Crippen LogP contribution in [-0.4, -0.2) is 0 Å². The van der Waals surface area contributed by atoms with Crippen molar-refractivity contribution in [1.82, 2.24) is 0 Å². The van der Waals surface area contributed by atoms with Crippen LogP contribution in [0.25, 0.3) is 33.0 Å². The summed E-state index contributed by atoms with van der Waals surface area (Å²) in [5.41, 5.74) is 13.8. The minimum Gasteiger partial charge on any atom is -0.453 e. The van der Waals surface area contributed by atoms with Crippen LogP contribution in [0.15, 0.2) is 182 Å². The molecule has 0 aromatic heterocycles. The standard InChI is InChI=1S/C49H36N2O/c1-49(2)42-23-13-25-44-48(42)51(47-41-21-10-9-16-35(41)28-31-45(47)52-44)43-24-12-22-40(46(43)49)36-17-11-20-39(32-36)50(37-18-7-4-8-19-37)38-29-26-34(27-30-38)33-14-5-3-6-15-33/h3-32H,1-2H3. The Morgan fingerprint density at radius 1 is 0.481 bits per heavy atom. The summed E-state index contributed by atoms with van der Waals surface area (Å²) in [5.74, 6) is 1.77. The predicted molar refractivity (Wildman–Crippen MR) is 216 cm³/mol. The molecule has 0 saturated heterocycles. The molecule has 0 aliphatic carbocycles. The summed E-state index contributed by atoms with van der Waals surface area (Å²) in [7, 11) is 0. The minimum atomic E-state index is -0.304. The van der Waals surface area contributed by atoms with E-state index in [4.69, 9.17) is 4.74 Å². The maximum atomic E-state index is 6.67. The molecular formula is C49H36N2O. The van der Waals surface area contributed by atoms with Gasteiger partial charge < -0.3 is 14.5 Å². The van der Waals surface area contributed by atoms with Crippen LogP contribution in [-0.2, 0) is 5.41 Å². The topological polar surface area (TPSA) is 15.7 Å². The van der Waals surface area contributed by atoms with Crippen molar-refractivity contribution in [3.63, 3.8) is 0 Å². The Bertz CT molecular complexity index is 2630.